The second kappa shape index (κ2) is 7.38. The van der Waals surface area contributed by atoms with Crippen LogP contribution >= 0.6 is 0 Å². The molecule has 2 aromatic rings. The van der Waals surface area contributed by atoms with Crippen LogP contribution in [0.3, 0.4) is 0 Å². The number of hydrogen-bond acceptors (Lipinski definition) is 4. The summed E-state index contributed by atoms with van der Waals surface area (Å²) in [5.41, 5.74) is 3.11. The molecule has 1 aromatic carbocycles. The number of hydrogen-bond donors (Lipinski definition) is 0. The number of benzene rings is 1. The van der Waals surface area contributed by atoms with Crippen molar-refractivity contribution in [1.82, 2.24) is 9.97 Å². The summed E-state index contributed by atoms with van der Waals surface area (Å²) in [4.78, 5) is 18.7. The average Bonchev–Trinajstić information content (AvgIpc) is 2.52. The van der Waals surface area contributed by atoms with Gasteiger partial charge in [-0.15, -0.1) is 0 Å². The predicted octanol–water partition coefficient (Wildman–Crippen LogP) is 3.16. The molecule has 0 fully saturated rings. The largest absolute Gasteiger partial charge is 0.463 e. The van der Waals surface area contributed by atoms with E-state index in [0.717, 1.165) is 17.5 Å². The Morgan fingerprint density at radius 2 is 1.80 bits per heavy atom. The van der Waals surface area contributed by atoms with Gasteiger partial charge in [-0.3, -0.25) is 4.79 Å². The van der Waals surface area contributed by atoms with Crippen molar-refractivity contribution in [3.63, 3.8) is 0 Å². The maximum absolute atomic E-state index is 10.1. The number of nitrogens with zero attached hydrogens (tertiary/aromatic N) is 2. The second-order valence-corrected chi connectivity index (χ2v) is 4.62. The first kappa shape index (κ1) is 14.2. The Balaban J connectivity index is 2.05. The summed E-state index contributed by atoms with van der Waals surface area (Å²) in [6.07, 6.45) is 6.88. The molecule has 0 N–H and O–H groups in total. The van der Waals surface area contributed by atoms with Crippen LogP contribution in [0.5, 0.6) is 0 Å². The zero-order valence-electron chi connectivity index (χ0n) is 11.6. The number of ether oxygens (including phenoxy) is 1. The van der Waals surface area contributed by atoms with Crippen LogP contribution < -0.4 is 0 Å². The molecule has 0 aliphatic carbocycles. The van der Waals surface area contributed by atoms with Crippen molar-refractivity contribution in [2.24, 2.45) is 0 Å². The van der Waals surface area contributed by atoms with Crippen LogP contribution in [0.15, 0.2) is 36.7 Å². The molecule has 1 heterocycles. The Hall–Kier alpha value is -2.23. The van der Waals surface area contributed by atoms with Crippen LogP contribution in [0.4, 0.5) is 0 Å². The van der Waals surface area contributed by atoms with Crippen molar-refractivity contribution in [2.75, 3.05) is 0 Å². The minimum atomic E-state index is 0.208. The minimum Gasteiger partial charge on any atom is -0.463 e. The van der Waals surface area contributed by atoms with E-state index < -0.39 is 0 Å². The maximum Gasteiger partial charge on any atom is 0.293 e. The Labute approximate surface area is 118 Å². The lowest BCUT2D eigenvalue weighted by Crippen LogP contribution is -1.95. The second-order valence-electron chi connectivity index (χ2n) is 4.62. The van der Waals surface area contributed by atoms with Gasteiger partial charge in [0.15, 0.2) is 5.82 Å². The molecule has 0 aliphatic heterocycles. The normalized spacial score (nSPS) is 10.2. The van der Waals surface area contributed by atoms with E-state index in [2.05, 4.69) is 33.8 Å². The minimum absolute atomic E-state index is 0.208. The fourth-order valence-electron chi connectivity index (χ4n) is 1.91. The van der Waals surface area contributed by atoms with Crippen LogP contribution in [0.1, 0.15) is 30.9 Å². The molecule has 0 atom stereocenters. The molecule has 0 bridgehead atoms. The highest BCUT2D eigenvalue weighted by molar-refractivity contribution is 5.55. The first-order valence-corrected chi connectivity index (χ1v) is 6.79. The van der Waals surface area contributed by atoms with Crippen LogP contribution in [-0.4, -0.2) is 16.4 Å². The van der Waals surface area contributed by atoms with E-state index in [1.807, 2.05) is 12.1 Å². The van der Waals surface area contributed by atoms with Crippen molar-refractivity contribution in [2.45, 2.75) is 32.8 Å². The summed E-state index contributed by atoms with van der Waals surface area (Å²) in [6, 6.07) is 8.33. The maximum atomic E-state index is 10.1. The van der Waals surface area contributed by atoms with Gasteiger partial charge >= 0.3 is 0 Å². The molecule has 4 nitrogen and oxygen atoms in total. The molecule has 0 radical (unpaired) electrons. The third-order valence-corrected chi connectivity index (χ3v) is 3.05. The molecule has 0 amide bonds. The van der Waals surface area contributed by atoms with Crippen molar-refractivity contribution in [1.29, 1.82) is 0 Å². The number of aryl methyl sites for hydroxylation is 1. The Bertz CT molecular complexity index is 535. The topological polar surface area (TPSA) is 52.1 Å². The van der Waals surface area contributed by atoms with Gasteiger partial charge in [-0.1, -0.05) is 37.6 Å². The first-order chi connectivity index (χ1) is 9.83. The van der Waals surface area contributed by atoms with Gasteiger partial charge in [0.05, 0.1) is 0 Å². The van der Waals surface area contributed by atoms with E-state index >= 15 is 0 Å². The van der Waals surface area contributed by atoms with Crippen LogP contribution in [0.25, 0.3) is 11.4 Å². The molecule has 0 unspecified atom stereocenters. The first-order valence-electron chi connectivity index (χ1n) is 6.79. The Kier molecular flexibility index (Phi) is 5.24. The molecule has 2 rings (SSSR count). The van der Waals surface area contributed by atoms with E-state index in [-0.39, 0.29) is 6.61 Å². The van der Waals surface area contributed by atoms with Crippen LogP contribution in [0, 0.1) is 0 Å². The fourth-order valence-corrected chi connectivity index (χ4v) is 1.91. The van der Waals surface area contributed by atoms with Crippen molar-refractivity contribution in [3.8, 4) is 11.4 Å². The van der Waals surface area contributed by atoms with Gasteiger partial charge in [0.1, 0.15) is 6.61 Å². The zero-order valence-corrected chi connectivity index (χ0v) is 11.6. The SMILES string of the molecule is CCCCc1ccc(-c2ncc(COC=O)cn2)cc1. The van der Waals surface area contributed by atoms with Gasteiger partial charge in [0, 0.05) is 23.5 Å². The van der Waals surface area contributed by atoms with Crippen molar-refractivity contribution >= 4 is 6.47 Å². The molecular formula is C16H18N2O2. The molecular weight excluding hydrogens is 252 g/mol. The van der Waals surface area contributed by atoms with Gasteiger partial charge in [0.2, 0.25) is 0 Å². The lowest BCUT2D eigenvalue weighted by Gasteiger charge is -2.04. The molecule has 0 spiro atoms. The van der Waals surface area contributed by atoms with Crippen LogP contribution in [-0.2, 0) is 22.6 Å². The van der Waals surface area contributed by atoms with Gasteiger partial charge in [0.25, 0.3) is 6.47 Å². The highest BCUT2D eigenvalue weighted by atomic mass is 16.5. The van der Waals surface area contributed by atoms with Crippen molar-refractivity contribution in [3.05, 3.63) is 47.8 Å². The van der Waals surface area contributed by atoms with Gasteiger partial charge in [-0.2, -0.15) is 0 Å². The molecule has 0 saturated heterocycles. The molecule has 0 saturated carbocycles. The van der Waals surface area contributed by atoms with E-state index in [1.54, 1.807) is 12.4 Å². The highest BCUT2D eigenvalue weighted by Crippen LogP contribution is 2.16. The quantitative estimate of drug-likeness (QED) is 0.725. The fraction of sp³-hybridized carbons (Fsp3) is 0.312. The summed E-state index contributed by atoms with van der Waals surface area (Å²) < 4.78 is 4.66. The molecule has 20 heavy (non-hydrogen) atoms. The summed E-state index contributed by atoms with van der Waals surface area (Å²) in [7, 11) is 0. The summed E-state index contributed by atoms with van der Waals surface area (Å²) in [6.45, 7) is 2.82. The number of carbonyl (C=O) groups is 1. The van der Waals surface area contributed by atoms with Gasteiger partial charge < -0.3 is 4.74 Å². The average molecular weight is 270 g/mol. The third-order valence-electron chi connectivity index (χ3n) is 3.05. The monoisotopic (exact) mass is 270 g/mol. The zero-order chi connectivity index (χ0) is 14.2. The van der Waals surface area contributed by atoms with E-state index in [0.29, 0.717) is 12.3 Å². The molecule has 104 valence electrons. The summed E-state index contributed by atoms with van der Waals surface area (Å²) in [5.74, 6) is 0.682. The van der Waals surface area contributed by atoms with Crippen molar-refractivity contribution < 1.29 is 9.53 Å². The predicted molar refractivity (Wildman–Crippen MR) is 76.9 cm³/mol. The third kappa shape index (κ3) is 3.88. The number of carbonyl (C=O) groups excluding carboxylic acids is 1. The standard InChI is InChI=1S/C16H18N2O2/c1-2-3-4-13-5-7-15(8-6-13)16-17-9-14(10-18-16)11-20-12-19/h5-10,12H,2-4,11H2,1H3. The Morgan fingerprint density at radius 3 is 2.40 bits per heavy atom. The summed E-state index contributed by atoms with van der Waals surface area (Å²) in [5, 5.41) is 0. The summed E-state index contributed by atoms with van der Waals surface area (Å²) >= 11 is 0. The van der Waals surface area contributed by atoms with Crippen LogP contribution in [0.2, 0.25) is 0 Å². The van der Waals surface area contributed by atoms with E-state index in [9.17, 15) is 4.79 Å². The smallest absolute Gasteiger partial charge is 0.293 e. The molecule has 1 aromatic heterocycles. The Morgan fingerprint density at radius 1 is 1.10 bits per heavy atom. The van der Waals surface area contributed by atoms with Gasteiger partial charge in [-0.05, 0) is 18.4 Å². The highest BCUT2D eigenvalue weighted by Gasteiger charge is 2.02. The number of unbranched alkanes of at least 4 members (excludes halogenated alkanes) is 1. The molecule has 4 heteroatoms. The molecule has 0 aliphatic rings. The number of rotatable bonds is 7. The van der Waals surface area contributed by atoms with Gasteiger partial charge in [-0.25, -0.2) is 9.97 Å². The lowest BCUT2D eigenvalue weighted by atomic mass is 10.1. The lowest BCUT2D eigenvalue weighted by molar-refractivity contribution is -0.129. The van der Waals surface area contributed by atoms with E-state index in [4.69, 9.17) is 0 Å². The van der Waals surface area contributed by atoms with E-state index in [1.165, 1.54) is 18.4 Å². The number of aromatic nitrogens is 2.